The maximum atomic E-state index is 3.74. The first-order valence-corrected chi connectivity index (χ1v) is 8.74. The van der Waals surface area contributed by atoms with Gasteiger partial charge in [-0.05, 0) is 57.7 Å². The normalized spacial score (nSPS) is 24.9. The lowest BCUT2D eigenvalue weighted by Crippen LogP contribution is -2.50. The Balaban J connectivity index is 2.60. The number of rotatable bonds is 8. The maximum Gasteiger partial charge on any atom is 0.0246 e. The van der Waals surface area contributed by atoms with Gasteiger partial charge in [0.25, 0.3) is 0 Å². The highest BCUT2D eigenvalue weighted by molar-refractivity contribution is 4.85. The largest absolute Gasteiger partial charge is 0.313 e. The molecule has 0 aliphatic carbocycles. The summed E-state index contributed by atoms with van der Waals surface area (Å²) in [7, 11) is 0. The van der Waals surface area contributed by atoms with E-state index in [1.165, 1.54) is 58.0 Å². The first kappa shape index (κ1) is 17.0. The third-order valence-corrected chi connectivity index (χ3v) is 4.88. The molecule has 1 saturated heterocycles. The van der Waals surface area contributed by atoms with Gasteiger partial charge in [-0.15, -0.1) is 0 Å². The zero-order valence-corrected chi connectivity index (χ0v) is 13.8. The number of hydrogen-bond acceptors (Lipinski definition) is 2. The summed E-state index contributed by atoms with van der Waals surface area (Å²) in [5, 5.41) is 3.74. The summed E-state index contributed by atoms with van der Waals surface area (Å²) >= 11 is 0. The molecule has 1 aliphatic rings. The zero-order valence-electron chi connectivity index (χ0n) is 13.8. The van der Waals surface area contributed by atoms with Crippen LogP contribution in [-0.2, 0) is 0 Å². The van der Waals surface area contributed by atoms with E-state index in [2.05, 4.69) is 37.9 Å². The molecule has 19 heavy (non-hydrogen) atoms. The van der Waals surface area contributed by atoms with Crippen molar-refractivity contribution in [2.75, 3.05) is 19.6 Å². The summed E-state index contributed by atoms with van der Waals surface area (Å²) in [6, 6.07) is 1.44. The van der Waals surface area contributed by atoms with Crippen molar-refractivity contribution in [2.24, 2.45) is 5.92 Å². The molecular formula is C17H36N2. The SMILES string of the molecule is CCCC(NCC)C(CC)N1CCCC(CC)CC1. The van der Waals surface area contributed by atoms with E-state index in [0.29, 0.717) is 6.04 Å². The quantitative estimate of drug-likeness (QED) is 0.714. The molecular weight excluding hydrogens is 232 g/mol. The van der Waals surface area contributed by atoms with Gasteiger partial charge in [-0.2, -0.15) is 0 Å². The van der Waals surface area contributed by atoms with Gasteiger partial charge < -0.3 is 5.32 Å². The third kappa shape index (κ3) is 5.43. The molecule has 2 nitrogen and oxygen atoms in total. The summed E-state index contributed by atoms with van der Waals surface area (Å²) in [6.07, 6.45) is 9.53. The Kier molecular flexibility index (Phi) is 8.72. The van der Waals surface area contributed by atoms with Crippen molar-refractivity contribution < 1.29 is 0 Å². The highest BCUT2D eigenvalue weighted by atomic mass is 15.2. The van der Waals surface area contributed by atoms with E-state index in [9.17, 15) is 0 Å². The van der Waals surface area contributed by atoms with Crippen LogP contribution in [0.15, 0.2) is 0 Å². The van der Waals surface area contributed by atoms with E-state index in [-0.39, 0.29) is 0 Å². The zero-order chi connectivity index (χ0) is 14.1. The molecule has 1 aliphatic heterocycles. The molecule has 1 heterocycles. The Labute approximate surface area is 121 Å². The number of likely N-dealkylation sites (tertiary alicyclic amines) is 1. The second-order valence-electron chi connectivity index (χ2n) is 6.17. The molecule has 0 saturated carbocycles. The Bertz CT molecular complexity index is 211. The molecule has 0 aromatic rings. The van der Waals surface area contributed by atoms with Crippen molar-refractivity contribution in [1.29, 1.82) is 0 Å². The van der Waals surface area contributed by atoms with Gasteiger partial charge in [0.15, 0.2) is 0 Å². The van der Waals surface area contributed by atoms with Crippen LogP contribution in [0.2, 0.25) is 0 Å². The minimum Gasteiger partial charge on any atom is -0.313 e. The van der Waals surface area contributed by atoms with Crippen LogP contribution < -0.4 is 5.32 Å². The minimum absolute atomic E-state index is 0.693. The standard InChI is InChI=1S/C17H36N2/c1-5-10-16(18-8-4)17(7-3)19-13-9-11-15(6-2)12-14-19/h15-18H,5-14H2,1-4H3. The fourth-order valence-electron chi connectivity index (χ4n) is 3.73. The molecule has 1 fully saturated rings. The first-order valence-electron chi connectivity index (χ1n) is 8.74. The number of nitrogens with one attached hydrogen (secondary N) is 1. The fraction of sp³-hybridized carbons (Fsp3) is 1.00. The van der Waals surface area contributed by atoms with Gasteiger partial charge in [-0.25, -0.2) is 0 Å². The van der Waals surface area contributed by atoms with Crippen LogP contribution in [0, 0.1) is 5.92 Å². The molecule has 0 amide bonds. The maximum absolute atomic E-state index is 3.74. The van der Waals surface area contributed by atoms with Crippen LogP contribution in [0.3, 0.4) is 0 Å². The van der Waals surface area contributed by atoms with Gasteiger partial charge in [-0.3, -0.25) is 4.90 Å². The molecule has 0 radical (unpaired) electrons. The van der Waals surface area contributed by atoms with Crippen LogP contribution in [0.5, 0.6) is 0 Å². The molecule has 0 aromatic carbocycles. The van der Waals surface area contributed by atoms with Crippen LogP contribution >= 0.6 is 0 Å². The summed E-state index contributed by atoms with van der Waals surface area (Å²) in [6.45, 7) is 13.0. The van der Waals surface area contributed by atoms with Crippen LogP contribution in [0.4, 0.5) is 0 Å². The Hall–Kier alpha value is -0.0800. The molecule has 3 unspecified atom stereocenters. The summed E-state index contributed by atoms with van der Waals surface area (Å²) in [4.78, 5) is 2.79. The smallest absolute Gasteiger partial charge is 0.0246 e. The van der Waals surface area contributed by atoms with Crippen molar-refractivity contribution in [1.82, 2.24) is 10.2 Å². The average molecular weight is 268 g/mol. The molecule has 0 aromatic heterocycles. The molecule has 1 rings (SSSR count). The summed E-state index contributed by atoms with van der Waals surface area (Å²) in [5.74, 6) is 0.978. The second kappa shape index (κ2) is 9.77. The predicted octanol–water partition coefficient (Wildman–Crippen LogP) is 4.06. The number of hydrogen-bond donors (Lipinski definition) is 1. The second-order valence-corrected chi connectivity index (χ2v) is 6.17. The van der Waals surface area contributed by atoms with Gasteiger partial charge in [0.05, 0.1) is 0 Å². The number of likely N-dealkylation sites (N-methyl/N-ethyl adjacent to an activating group) is 1. The summed E-state index contributed by atoms with van der Waals surface area (Å²) < 4.78 is 0. The Morgan fingerprint density at radius 1 is 1.11 bits per heavy atom. The van der Waals surface area contributed by atoms with Crippen LogP contribution in [-0.4, -0.2) is 36.6 Å². The fourth-order valence-corrected chi connectivity index (χ4v) is 3.73. The van der Waals surface area contributed by atoms with Crippen molar-refractivity contribution in [3.05, 3.63) is 0 Å². The highest BCUT2D eigenvalue weighted by Crippen LogP contribution is 2.24. The molecule has 3 atom stereocenters. The predicted molar refractivity (Wildman–Crippen MR) is 85.7 cm³/mol. The molecule has 114 valence electrons. The van der Waals surface area contributed by atoms with Gasteiger partial charge >= 0.3 is 0 Å². The van der Waals surface area contributed by atoms with Crippen molar-refractivity contribution >= 4 is 0 Å². The molecule has 2 heteroatoms. The average Bonchev–Trinajstić information content (AvgIpc) is 2.66. The topological polar surface area (TPSA) is 15.3 Å². The van der Waals surface area contributed by atoms with Gasteiger partial charge in [0.2, 0.25) is 0 Å². The summed E-state index contributed by atoms with van der Waals surface area (Å²) in [5.41, 5.74) is 0. The first-order chi connectivity index (χ1) is 9.26. The molecule has 0 spiro atoms. The van der Waals surface area contributed by atoms with E-state index in [0.717, 1.165) is 18.5 Å². The molecule has 1 N–H and O–H groups in total. The van der Waals surface area contributed by atoms with E-state index >= 15 is 0 Å². The minimum atomic E-state index is 0.693. The Morgan fingerprint density at radius 2 is 1.89 bits per heavy atom. The monoisotopic (exact) mass is 268 g/mol. The lowest BCUT2D eigenvalue weighted by Gasteiger charge is -2.36. The van der Waals surface area contributed by atoms with Gasteiger partial charge in [-0.1, -0.05) is 40.5 Å². The molecule has 0 bridgehead atoms. The van der Waals surface area contributed by atoms with E-state index < -0.39 is 0 Å². The van der Waals surface area contributed by atoms with Crippen LogP contribution in [0.1, 0.15) is 72.6 Å². The lowest BCUT2D eigenvalue weighted by molar-refractivity contribution is 0.150. The number of nitrogens with zero attached hydrogens (tertiary/aromatic N) is 1. The van der Waals surface area contributed by atoms with Crippen molar-refractivity contribution in [3.8, 4) is 0 Å². The van der Waals surface area contributed by atoms with Crippen molar-refractivity contribution in [2.45, 2.75) is 84.7 Å². The van der Waals surface area contributed by atoms with E-state index in [1.807, 2.05) is 0 Å². The third-order valence-electron chi connectivity index (χ3n) is 4.88. The van der Waals surface area contributed by atoms with Crippen LogP contribution in [0.25, 0.3) is 0 Å². The van der Waals surface area contributed by atoms with E-state index in [4.69, 9.17) is 0 Å². The van der Waals surface area contributed by atoms with Gasteiger partial charge in [0.1, 0.15) is 0 Å². The lowest BCUT2D eigenvalue weighted by atomic mass is 9.97. The van der Waals surface area contributed by atoms with Crippen molar-refractivity contribution in [3.63, 3.8) is 0 Å². The van der Waals surface area contributed by atoms with Gasteiger partial charge in [0, 0.05) is 12.1 Å². The highest BCUT2D eigenvalue weighted by Gasteiger charge is 2.26. The van der Waals surface area contributed by atoms with E-state index in [1.54, 1.807) is 0 Å². The Morgan fingerprint density at radius 3 is 2.47 bits per heavy atom.